The number of carboxylic acid groups (broad SMARTS) is 1. The molecule has 0 saturated carbocycles. The fourth-order valence-electron chi connectivity index (χ4n) is 1.27. The summed E-state index contributed by atoms with van der Waals surface area (Å²) in [5.41, 5.74) is 6.19. The molecule has 1 aromatic rings. The lowest BCUT2D eigenvalue weighted by Crippen LogP contribution is -2.42. The third-order valence-electron chi connectivity index (χ3n) is 2.23. The van der Waals surface area contributed by atoms with Crippen LogP contribution >= 0.6 is 0 Å². The van der Waals surface area contributed by atoms with Gasteiger partial charge in [-0.2, -0.15) is 5.10 Å². The van der Waals surface area contributed by atoms with Gasteiger partial charge in [0.15, 0.2) is 0 Å². The van der Waals surface area contributed by atoms with Gasteiger partial charge in [-0.3, -0.25) is 19.1 Å². The van der Waals surface area contributed by atoms with Crippen LogP contribution in [-0.2, 0) is 21.4 Å². The van der Waals surface area contributed by atoms with E-state index < -0.39 is 30.4 Å². The van der Waals surface area contributed by atoms with Gasteiger partial charge in [-0.1, -0.05) is 0 Å². The topological polar surface area (TPSA) is 139 Å². The number of carboxylic acids is 1. The first-order valence-corrected chi connectivity index (χ1v) is 5.40. The number of carbonyl (C=O) groups excluding carboxylic acids is 2. The van der Waals surface area contributed by atoms with Gasteiger partial charge in [-0.15, -0.1) is 0 Å². The molecule has 0 aliphatic rings. The van der Waals surface area contributed by atoms with Crippen LogP contribution in [0.25, 0.3) is 0 Å². The zero-order chi connectivity index (χ0) is 14.4. The van der Waals surface area contributed by atoms with Gasteiger partial charge >= 0.3 is 5.97 Å². The summed E-state index contributed by atoms with van der Waals surface area (Å²) in [4.78, 5) is 33.0. The molecule has 0 fully saturated rings. The molecule has 1 aromatic heterocycles. The summed E-state index contributed by atoms with van der Waals surface area (Å²) < 4.78 is 1.50. The molecular formula is C10H15N5O4. The van der Waals surface area contributed by atoms with Gasteiger partial charge in [-0.05, 0) is 0 Å². The van der Waals surface area contributed by atoms with E-state index in [1.54, 1.807) is 13.2 Å². The van der Waals surface area contributed by atoms with Crippen molar-refractivity contribution in [3.8, 4) is 0 Å². The number of hydrogen-bond acceptors (Lipinski definition) is 5. The van der Waals surface area contributed by atoms with Crippen LogP contribution < -0.4 is 16.4 Å². The molecule has 9 nitrogen and oxygen atoms in total. The molecule has 19 heavy (non-hydrogen) atoms. The molecule has 0 radical (unpaired) electrons. The monoisotopic (exact) mass is 269 g/mol. The van der Waals surface area contributed by atoms with Gasteiger partial charge in [0, 0.05) is 18.8 Å². The first-order valence-electron chi connectivity index (χ1n) is 5.40. The number of nitrogens with two attached hydrogens (primary N) is 1. The molecule has 9 heteroatoms. The summed E-state index contributed by atoms with van der Waals surface area (Å²) in [6, 6.07) is -0.930. The molecule has 1 unspecified atom stereocenters. The zero-order valence-electron chi connectivity index (χ0n) is 10.3. The number of aromatic nitrogens is 2. The van der Waals surface area contributed by atoms with E-state index in [9.17, 15) is 14.4 Å². The maximum atomic E-state index is 11.6. The van der Waals surface area contributed by atoms with Gasteiger partial charge < -0.3 is 21.5 Å². The maximum absolute atomic E-state index is 11.6. The van der Waals surface area contributed by atoms with Crippen LogP contribution in [0.5, 0.6) is 0 Å². The standard InChI is InChI=1S/C10H15N5O4/c1-15-5-6(2-14-15)9(11)10(19)13-3-7(16)12-4-8(17)18/h2,5,9H,3-4,11H2,1H3,(H,12,16)(H,13,19)(H,17,18). The fraction of sp³-hybridized carbons (Fsp3) is 0.400. The summed E-state index contributed by atoms with van der Waals surface area (Å²) in [5.74, 6) is -2.31. The SMILES string of the molecule is Cn1cc(C(N)C(=O)NCC(=O)NCC(=O)O)cn1. The quantitative estimate of drug-likeness (QED) is 0.459. The van der Waals surface area contributed by atoms with Crippen LogP contribution in [0.4, 0.5) is 0 Å². The third kappa shape index (κ3) is 4.76. The Labute approximate surface area is 108 Å². The Balaban J connectivity index is 2.38. The smallest absolute Gasteiger partial charge is 0.322 e. The molecule has 0 aromatic carbocycles. The highest BCUT2D eigenvalue weighted by Gasteiger charge is 2.17. The minimum Gasteiger partial charge on any atom is -0.480 e. The van der Waals surface area contributed by atoms with Gasteiger partial charge in [0.2, 0.25) is 11.8 Å². The second-order valence-electron chi connectivity index (χ2n) is 3.81. The van der Waals surface area contributed by atoms with Crippen molar-refractivity contribution >= 4 is 17.8 Å². The second kappa shape index (κ2) is 6.50. The molecule has 0 aliphatic carbocycles. The average molecular weight is 269 g/mol. The van der Waals surface area contributed by atoms with Crippen LogP contribution in [0.15, 0.2) is 12.4 Å². The lowest BCUT2D eigenvalue weighted by molar-refractivity contribution is -0.137. The number of carbonyl (C=O) groups is 3. The highest BCUT2D eigenvalue weighted by Crippen LogP contribution is 2.07. The van der Waals surface area contributed by atoms with Crippen molar-refractivity contribution < 1.29 is 19.5 Å². The van der Waals surface area contributed by atoms with E-state index in [0.717, 1.165) is 0 Å². The first kappa shape index (κ1) is 14.6. The van der Waals surface area contributed by atoms with Crippen molar-refractivity contribution in [3.05, 3.63) is 18.0 Å². The Morgan fingerprint density at radius 3 is 2.63 bits per heavy atom. The molecule has 0 aliphatic heterocycles. The van der Waals surface area contributed by atoms with Crippen molar-refractivity contribution in [2.24, 2.45) is 12.8 Å². The Hall–Kier alpha value is -2.42. The number of nitrogens with zero attached hydrogens (tertiary/aromatic N) is 2. The summed E-state index contributed by atoms with van der Waals surface area (Å²) in [5, 5.41) is 16.6. The Morgan fingerprint density at radius 2 is 2.11 bits per heavy atom. The molecule has 0 saturated heterocycles. The number of aliphatic carboxylic acids is 1. The highest BCUT2D eigenvalue weighted by atomic mass is 16.4. The average Bonchev–Trinajstić information content (AvgIpc) is 2.79. The molecule has 0 spiro atoms. The second-order valence-corrected chi connectivity index (χ2v) is 3.81. The van der Waals surface area contributed by atoms with Gasteiger partial charge in [0.1, 0.15) is 12.6 Å². The van der Waals surface area contributed by atoms with Crippen molar-refractivity contribution in [3.63, 3.8) is 0 Å². The molecule has 1 atom stereocenters. The predicted octanol–water partition coefficient (Wildman–Crippen LogP) is -2.26. The summed E-state index contributed by atoms with van der Waals surface area (Å²) in [6.45, 7) is -0.830. The minimum absolute atomic E-state index is 0.333. The van der Waals surface area contributed by atoms with Crippen molar-refractivity contribution in [2.45, 2.75) is 6.04 Å². The largest absolute Gasteiger partial charge is 0.480 e. The Morgan fingerprint density at radius 1 is 1.42 bits per heavy atom. The van der Waals surface area contributed by atoms with Crippen LogP contribution in [0, 0.1) is 0 Å². The molecule has 5 N–H and O–H groups in total. The van der Waals surface area contributed by atoms with E-state index in [1.807, 2.05) is 0 Å². The van der Waals surface area contributed by atoms with Crippen LogP contribution in [0.1, 0.15) is 11.6 Å². The lowest BCUT2D eigenvalue weighted by Gasteiger charge is -2.10. The van der Waals surface area contributed by atoms with Crippen LogP contribution in [0.3, 0.4) is 0 Å². The van der Waals surface area contributed by atoms with E-state index in [2.05, 4.69) is 15.7 Å². The minimum atomic E-state index is -1.16. The summed E-state index contributed by atoms with van der Waals surface area (Å²) >= 11 is 0. The number of amides is 2. The Bertz CT molecular complexity index is 484. The molecule has 1 rings (SSSR count). The predicted molar refractivity (Wildman–Crippen MR) is 63.8 cm³/mol. The normalized spacial score (nSPS) is 11.7. The van der Waals surface area contributed by atoms with E-state index >= 15 is 0 Å². The molecule has 2 amide bonds. The van der Waals surface area contributed by atoms with E-state index in [0.29, 0.717) is 5.56 Å². The molecule has 0 bridgehead atoms. The highest BCUT2D eigenvalue weighted by molar-refractivity contribution is 5.89. The van der Waals surface area contributed by atoms with Gasteiger partial charge in [0.05, 0.1) is 12.7 Å². The third-order valence-corrected chi connectivity index (χ3v) is 2.23. The fourth-order valence-corrected chi connectivity index (χ4v) is 1.27. The first-order chi connectivity index (χ1) is 8.90. The van der Waals surface area contributed by atoms with Crippen LogP contribution in [0.2, 0.25) is 0 Å². The Kier molecular flexibility index (Phi) is 5.01. The van der Waals surface area contributed by atoms with Gasteiger partial charge in [0.25, 0.3) is 0 Å². The zero-order valence-corrected chi connectivity index (χ0v) is 10.3. The van der Waals surface area contributed by atoms with Crippen molar-refractivity contribution in [1.82, 2.24) is 20.4 Å². The van der Waals surface area contributed by atoms with Crippen molar-refractivity contribution in [2.75, 3.05) is 13.1 Å². The number of aryl methyl sites for hydroxylation is 1. The molecule has 104 valence electrons. The number of hydrogen-bond donors (Lipinski definition) is 4. The number of nitrogens with one attached hydrogen (secondary N) is 2. The van der Waals surface area contributed by atoms with Gasteiger partial charge in [-0.25, -0.2) is 0 Å². The summed E-state index contributed by atoms with van der Waals surface area (Å²) in [7, 11) is 1.69. The van der Waals surface area contributed by atoms with E-state index in [-0.39, 0.29) is 6.54 Å². The number of rotatable bonds is 6. The lowest BCUT2D eigenvalue weighted by atomic mass is 10.1. The van der Waals surface area contributed by atoms with E-state index in [4.69, 9.17) is 10.8 Å². The maximum Gasteiger partial charge on any atom is 0.322 e. The van der Waals surface area contributed by atoms with E-state index in [1.165, 1.54) is 10.9 Å². The van der Waals surface area contributed by atoms with Crippen molar-refractivity contribution in [1.29, 1.82) is 0 Å². The van der Waals surface area contributed by atoms with Crippen LogP contribution in [-0.4, -0.2) is 45.8 Å². The molecular weight excluding hydrogens is 254 g/mol. The summed E-state index contributed by atoms with van der Waals surface area (Å²) in [6.07, 6.45) is 3.05. The molecule has 1 heterocycles.